The van der Waals surface area contributed by atoms with Crippen molar-refractivity contribution in [2.45, 2.75) is 13.2 Å². The molecule has 0 amide bonds. The number of nitrogens with one attached hydrogen (secondary N) is 1. The van der Waals surface area contributed by atoms with Crippen LogP contribution < -0.4 is 5.32 Å². The van der Waals surface area contributed by atoms with Gasteiger partial charge in [-0.25, -0.2) is 0 Å². The molecule has 0 saturated carbocycles. The van der Waals surface area contributed by atoms with E-state index in [0.29, 0.717) is 0 Å². The summed E-state index contributed by atoms with van der Waals surface area (Å²) in [7, 11) is 0. The molecule has 21 heavy (non-hydrogen) atoms. The highest BCUT2D eigenvalue weighted by atomic mass is 79.9. The Morgan fingerprint density at radius 1 is 0.810 bits per heavy atom. The number of aliphatic hydroxyl groups excluding tert-OH is 1. The summed E-state index contributed by atoms with van der Waals surface area (Å²) in [4.78, 5) is 0. The number of halogens is 1. The van der Waals surface area contributed by atoms with E-state index in [1.54, 1.807) is 0 Å². The molecular weight excluding hydrogens is 326 g/mol. The van der Waals surface area contributed by atoms with Crippen molar-refractivity contribution >= 4 is 32.4 Å². The molecule has 2 N–H and O–H groups in total. The van der Waals surface area contributed by atoms with Gasteiger partial charge < -0.3 is 10.4 Å². The number of aliphatic hydroxyl groups is 1. The Bertz CT molecular complexity index is 753. The van der Waals surface area contributed by atoms with Crippen LogP contribution in [0.15, 0.2) is 65.1 Å². The molecule has 3 aromatic rings. The molecule has 3 rings (SSSR count). The third-order valence-corrected chi connectivity index (χ3v) is 4.00. The number of anilines is 1. The summed E-state index contributed by atoms with van der Waals surface area (Å²) in [5.74, 6) is 0. The van der Waals surface area contributed by atoms with Gasteiger partial charge in [-0.15, -0.1) is 0 Å². The van der Waals surface area contributed by atoms with Gasteiger partial charge in [-0.05, 0) is 46.2 Å². The molecule has 0 aliphatic heterocycles. The minimum Gasteiger partial charge on any atom is -0.392 e. The van der Waals surface area contributed by atoms with E-state index in [1.807, 2.05) is 24.3 Å². The SMILES string of the molecule is OCc1ccc(CNc2ccc3cc(Br)ccc3c2)cc1. The highest BCUT2D eigenvalue weighted by molar-refractivity contribution is 9.10. The quantitative estimate of drug-likeness (QED) is 0.720. The topological polar surface area (TPSA) is 32.3 Å². The van der Waals surface area contributed by atoms with E-state index in [1.165, 1.54) is 16.3 Å². The van der Waals surface area contributed by atoms with E-state index in [2.05, 4.69) is 57.6 Å². The van der Waals surface area contributed by atoms with E-state index in [9.17, 15) is 0 Å². The van der Waals surface area contributed by atoms with Gasteiger partial charge in [0.15, 0.2) is 0 Å². The number of hydrogen-bond acceptors (Lipinski definition) is 2. The van der Waals surface area contributed by atoms with E-state index in [-0.39, 0.29) is 6.61 Å². The minimum atomic E-state index is 0.0912. The summed E-state index contributed by atoms with van der Waals surface area (Å²) >= 11 is 3.49. The molecule has 3 heteroatoms. The molecule has 0 fully saturated rings. The van der Waals surface area contributed by atoms with Crippen LogP contribution in [-0.4, -0.2) is 5.11 Å². The second-order valence-electron chi connectivity index (χ2n) is 5.03. The van der Waals surface area contributed by atoms with Crippen molar-refractivity contribution in [2.75, 3.05) is 5.32 Å². The highest BCUT2D eigenvalue weighted by Crippen LogP contribution is 2.23. The molecule has 0 atom stereocenters. The van der Waals surface area contributed by atoms with E-state index >= 15 is 0 Å². The molecule has 106 valence electrons. The van der Waals surface area contributed by atoms with Crippen LogP contribution in [-0.2, 0) is 13.2 Å². The van der Waals surface area contributed by atoms with Crippen LogP contribution in [0.25, 0.3) is 10.8 Å². The van der Waals surface area contributed by atoms with Crippen LogP contribution >= 0.6 is 15.9 Å². The normalized spacial score (nSPS) is 10.8. The molecule has 2 nitrogen and oxygen atoms in total. The van der Waals surface area contributed by atoms with Gasteiger partial charge in [0, 0.05) is 16.7 Å². The lowest BCUT2D eigenvalue weighted by Gasteiger charge is -2.08. The summed E-state index contributed by atoms with van der Waals surface area (Å²) in [6.07, 6.45) is 0. The fourth-order valence-corrected chi connectivity index (χ4v) is 2.67. The van der Waals surface area contributed by atoms with Gasteiger partial charge in [0.25, 0.3) is 0 Å². The molecule has 0 heterocycles. The van der Waals surface area contributed by atoms with Gasteiger partial charge in [0.2, 0.25) is 0 Å². The lowest BCUT2D eigenvalue weighted by atomic mass is 10.1. The van der Waals surface area contributed by atoms with Crippen LogP contribution in [0.2, 0.25) is 0 Å². The first-order valence-corrected chi connectivity index (χ1v) is 7.66. The van der Waals surface area contributed by atoms with Crippen LogP contribution in [0, 0.1) is 0 Å². The number of benzene rings is 3. The zero-order valence-electron chi connectivity index (χ0n) is 11.5. The Kier molecular flexibility index (Phi) is 4.23. The van der Waals surface area contributed by atoms with Crippen molar-refractivity contribution < 1.29 is 5.11 Å². The van der Waals surface area contributed by atoms with E-state index in [4.69, 9.17) is 5.11 Å². The number of hydrogen-bond donors (Lipinski definition) is 2. The largest absolute Gasteiger partial charge is 0.392 e. The zero-order chi connectivity index (χ0) is 14.7. The first kappa shape index (κ1) is 14.1. The summed E-state index contributed by atoms with van der Waals surface area (Å²) in [6.45, 7) is 0.863. The number of rotatable bonds is 4. The van der Waals surface area contributed by atoms with Gasteiger partial charge in [0.1, 0.15) is 0 Å². The first-order valence-electron chi connectivity index (χ1n) is 6.86. The van der Waals surface area contributed by atoms with Crippen LogP contribution in [0.4, 0.5) is 5.69 Å². The Labute approximate surface area is 132 Å². The second-order valence-corrected chi connectivity index (χ2v) is 5.95. The van der Waals surface area contributed by atoms with Crippen molar-refractivity contribution in [1.82, 2.24) is 0 Å². The third kappa shape index (κ3) is 3.43. The van der Waals surface area contributed by atoms with Crippen LogP contribution in [0.3, 0.4) is 0 Å². The Balaban J connectivity index is 1.73. The van der Waals surface area contributed by atoms with Crippen molar-refractivity contribution in [1.29, 1.82) is 0 Å². The van der Waals surface area contributed by atoms with E-state index in [0.717, 1.165) is 22.3 Å². The van der Waals surface area contributed by atoms with Gasteiger partial charge in [-0.2, -0.15) is 0 Å². The van der Waals surface area contributed by atoms with Crippen molar-refractivity contribution in [2.24, 2.45) is 0 Å². The minimum absolute atomic E-state index is 0.0912. The first-order chi connectivity index (χ1) is 10.2. The van der Waals surface area contributed by atoms with Crippen LogP contribution in [0.5, 0.6) is 0 Å². The number of fused-ring (bicyclic) bond motifs is 1. The molecule has 0 bridgehead atoms. The third-order valence-electron chi connectivity index (χ3n) is 3.50. The predicted octanol–water partition coefficient (Wildman–Crippen LogP) is 4.71. The monoisotopic (exact) mass is 341 g/mol. The standard InChI is InChI=1S/C18H16BrNO/c19-17-7-5-16-10-18(8-6-15(16)9-17)20-11-13-1-3-14(12-21)4-2-13/h1-10,20-21H,11-12H2. The summed E-state index contributed by atoms with van der Waals surface area (Å²) < 4.78 is 1.10. The molecule has 3 aromatic carbocycles. The fourth-order valence-electron chi connectivity index (χ4n) is 2.29. The van der Waals surface area contributed by atoms with Gasteiger partial charge >= 0.3 is 0 Å². The van der Waals surface area contributed by atoms with Gasteiger partial charge in [0.05, 0.1) is 6.61 Å². The Hall–Kier alpha value is -1.84. The molecule has 0 aromatic heterocycles. The average molecular weight is 342 g/mol. The molecule has 0 spiro atoms. The van der Waals surface area contributed by atoms with Gasteiger partial charge in [-0.3, -0.25) is 0 Å². The van der Waals surface area contributed by atoms with Crippen molar-refractivity contribution in [3.05, 3.63) is 76.3 Å². The maximum absolute atomic E-state index is 9.04. The molecule has 0 aliphatic carbocycles. The molecular formula is C18H16BrNO. The molecule has 0 unspecified atom stereocenters. The maximum Gasteiger partial charge on any atom is 0.0681 e. The lowest BCUT2D eigenvalue weighted by molar-refractivity contribution is 0.282. The molecule has 0 saturated heterocycles. The maximum atomic E-state index is 9.04. The second kappa shape index (κ2) is 6.29. The predicted molar refractivity (Wildman–Crippen MR) is 91.3 cm³/mol. The fraction of sp³-hybridized carbons (Fsp3) is 0.111. The average Bonchev–Trinajstić information content (AvgIpc) is 2.53. The summed E-state index contributed by atoms with van der Waals surface area (Å²) in [5.41, 5.74) is 3.24. The van der Waals surface area contributed by atoms with E-state index < -0.39 is 0 Å². The Morgan fingerprint density at radius 3 is 2.24 bits per heavy atom. The zero-order valence-corrected chi connectivity index (χ0v) is 13.1. The van der Waals surface area contributed by atoms with Gasteiger partial charge in [-0.1, -0.05) is 52.3 Å². The van der Waals surface area contributed by atoms with Crippen molar-refractivity contribution in [3.8, 4) is 0 Å². The van der Waals surface area contributed by atoms with Crippen LogP contribution in [0.1, 0.15) is 11.1 Å². The Morgan fingerprint density at radius 2 is 1.48 bits per heavy atom. The molecule has 0 aliphatic rings. The summed E-state index contributed by atoms with van der Waals surface area (Å²) in [6, 6.07) is 20.6. The lowest BCUT2D eigenvalue weighted by Crippen LogP contribution is -1.99. The smallest absolute Gasteiger partial charge is 0.0681 e. The summed E-state index contributed by atoms with van der Waals surface area (Å²) in [5, 5.41) is 14.9. The highest BCUT2D eigenvalue weighted by Gasteiger charge is 1.99. The van der Waals surface area contributed by atoms with Crippen molar-refractivity contribution in [3.63, 3.8) is 0 Å². The molecule has 0 radical (unpaired) electrons.